The van der Waals surface area contributed by atoms with E-state index >= 15 is 0 Å². The first-order chi connectivity index (χ1) is 7.27. The van der Waals surface area contributed by atoms with Gasteiger partial charge in [-0.2, -0.15) is 0 Å². The van der Waals surface area contributed by atoms with Crippen LogP contribution in [0, 0.1) is 0 Å². The van der Waals surface area contributed by atoms with Crippen LogP contribution in [0.25, 0.3) is 0 Å². The maximum absolute atomic E-state index is 11.6. The summed E-state index contributed by atoms with van der Waals surface area (Å²) in [7, 11) is 0. The van der Waals surface area contributed by atoms with Crippen molar-refractivity contribution in [2.45, 2.75) is 52.5 Å². The van der Waals surface area contributed by atoms with Crippen LogP contribution < -0.4 is 0 Å². The lowest BCUT2D eigenvalue weighted by molar-refractivity contribution is -0.118. The van der Waals surface area contributed by atoms with E-state index in [-0.39, 0.29) is 0 Å². The summed E-state index contributed by atoms with van der Waals surface area (Å²) in [5, 5.41) is 0. The Bertz CT molecular complexity index is 304. The molecule has 0 aliphatic heterocycles. The summed E-state index contributed by atoms with van der Waals surface area (Å²) in [6, 6.07) is 0. The SMILES string of the molecule is CCCCC(=O)Cc1nccn1CCC. The number of unbranched alkanes of at least 4 members (excludes halogenated alkanes) is 1. The van der Waals surface area contributed by atoms with Crippen molar-refractivity contribution in [2.75, 3.05) is 0 Å². The Morgan fingerprint density at radius 3 is 2.87 bits per heavy atom. The molecule has 1 aromatic rings. The predicted molar refractivity (Wildman–Crippen MR) is 60.8 cm³/mol. The smallest absolute Gasteiger partial charge is 0.140 e. The molecule has 3 heteroatoms. The number of nitrogens with zero attached hydrogens (tertiary/aromatic N) is 2. The third kappa shape index (κ3) is 3.86. The van der Waals surface area contributed by atoms with E-state index in [2.05, 4.69) is 23.4 Å². The maximum Gasteiger partial charge on any atom is 0.140 e. The lowest BCUT2D eigenvalue weighted by Crippen LogP contribution is -2.09. The van der Waals surface area contributed by atoms with Crippen LogP contribution >= 0.6 is 0 Å². The summed E-state index contributed by atoms with van der Waals surface area (Å²) in [6.45, 7) is 5.18. The Morgan fingerprint density at radius 1 is 1.40 bits per heavy atom. The third-order valence-corrected chi connectivity index (χ3v) is 2.43. The number of aromatic nitrogens is 2. The Kier molecular flexibility index (Phi) is 5.08. The van der Waals surface area contributed by atoms with Gasteiger partial charge in [-0.3, -0.25) is 4.79 Å². The number of rotatable bonds is 7. The summed E-state index contributed by atoms with van der Waals surface area (Å²) in [5.74, 6) is 1.22. The van der Waals surface area contributed by atoms with Gasteiger partial charge in [0.1, 0.15) is 11.6 Å². The number of aryl methyl sites for hydroxylation is 1. The van der Waals surface area contributed by atoms with Crippen molar-refractivity contribution in [3.05, 3.63) is 18.2 Å². The molecule has 0 bridgehead atoms. The van der Waals surface area contributed by atoms with Crippen LogP contribution in [0.15, 0.2) is 12.4 Å². The fourth-order valence-electron chi connectivity index (χ4n) is 1.59. The molecule has 0 spiro atoms. The molecule has 1 rings (SSSR count). The fraction of sp³-hybridized carbons (Fsp3) is 0.667. The number of ketones is 1. The van der Waals surface area contributed by atoms with E-state index in [9.17, 15) is 4.79 Å². The molecule has 1 aromatic heterocycles. The molecule has 0 aliphatic rings. The van der Waals surface area contributed by atoms with Gasteiger partial charge in [-0.25, -0.2) is 4.98 Å². The van der Waals surface area contributed by atoms with E-state index < -0.39 is 0 Å². The molecule has 15 heavy (non-hydrogen) atoms. The second-order valence-electron chi connectivity index (χ2n) is 3.86. The van der Waals surface area contributed by atoms with Gasteiger partial charge in [0.2, 0.25) is 0 Å². The number of carbonyl (C=O) groups is 1. The van der Waals surface area contributed by atoms with Crippen molar-refractivity contribution in [3.8, 4) is 0 Å². The molecular formula is C12H20N2O. The molecule has 0 saturated heterocycles. The zero-order valence-electron chi connectivity index (χ0n) is 9.70. The van der Waals surface area contributed by atoms with Crippen LogP contribution in [0.2, 0.25) is 0 Å². The summed E-state index contributed by atoms with van der Waals surface area (Å²) in [6.07, 6.45) is 8.06. The van der Waals surface area contributed by atoms with Crippen LogP contribution in [0.1, 0.15) is 45.4 Å². The summed E-state index contributed by atoms with van der Waals surface area (Å²) in [5.41, 5.74) is 0. The third-order valence-electron chi connectivity index (χ3n) is 2.43. The number of Topliss-reactive ketones (excluding diaryl/α,β-unsaturated/α-hetero) is 1. The standard InChI is InChI=1S/C12H20N2O/c1-3-5-6-11(15)10-12-13-7-9-14(12)8-4-2/h7,9H,3-6,8,10H2,1-2H3. The first kappa shape index (κ1) is 12.0. The first-order valence-corrected chi connectivity index (χ1v) is 5.79. The number of hydrogen-bond acceptors (Lipinski definition) is 2. The minimum Gasteiger partial charge on any atom is -0.335 e. The van der Waals surface area contributed by atoms with Crippen LogP contribution in [-0.4, -0.2) is 15.3 Å². The molecule has 0 radical (unpaired) electrons. The van der Waals surface area contributed by atoms with Gasteiger partial charge in [0.25, 0.3) is 0 Å². The van der Waals surface area contributed by atoms with Crippen molar-refractivity contribution in [2.24, 2.45) is 0 Å². The molecule has 3 nitrogen and oxygen atoms in total. The lowest BCUT2D eigenvalue weighted by Gasteiger charge is -2.05. The molecule has 0 amide bonds. The molecule has 0 unspecified atom stereocenters. The second kappa shape index (κ2) is 6.38. The molecule has 1 heterocycles. The highest BCUT2D eigenvalue weighted by molar-refractivity contribution is 5.80. The van der Waals surface area contributed by atoms with Gasteiger partial charge in [-0.1, -0.05) is 20.3 Å². The van der Waals surface area contributed by atoms with E-state index in [0.29, 0.717) is 18.6 Å². The second-order valence-corrected chi connectivity index (χ2v) is 3.86. The molecule has 84 valence electrons. The van der Waals surface area contributed by atoms with Gasteiger partial charge in [0.15, 0.2) is 0 Å². The zero-order valence-corrected chi connectivity index (χ0v) is 9.70. The number of carbonyl (C=O) groups excluding carboxylic acids is 1. The van der Waals surface area contributed by atoms with Crippen LogP contribution in [0.5, 0.6) is 0 Å². The van der Waals surface area contributed by atoms with Gasteiger partial charge in [-0.05, 0) is 12.8 Å². The molecule has 0 aliphatic carbocycles. The fourth-order valence-corrected chi connectivity index (χ4v) is 1.59. The van der Waals surface area contributed by atoms with E-state index in [1.54, 1.807) is 6.20 Å². The van der Waals surface area contributed by atoms with Crippen LogP contribution in [0.4, 0.5) is 0 Å². The highest BCUT2D eigenvalue weighted by Crippen LogP contribution is 2.04. The van der Waals surface area contributed by atoms with Crippen LogP contribution in [-0.2, 0) is 17.8 Å². The normalized spacial score (nSPS) is 10.5. The van der Waals surface area contributed by atoms with E-state index in [4.69, 9.17) is 0 Å². The van der Waals surface area contributed by atoms with Crippen molar-refractivity contribution in [1.29, 1.82) is 0 Å². The van der Waals surface area contributed by atoms with Crippen molar-refractivity contribution < 1.29 is 4.79 Å². The van der Waals surface area contributed by atoms with Gasteiger partial charge < -0.3 is 4.57 Å². The zero-order chi connectivity index (χ0) is 11.1. The summed E-state index contributed by atoms with van der Waals surface area (Å²) in [4.78, 5) is 15.8. The van der Waals surface area contributed by atoms with Gasteiger partial charge in [0, 0.05) is 25.4 Å². The van der Waals surface area contributed by atoms with Crippen LogP contribution in [0.3, 0.4) is 0 Å². The topological polar surface area (TPSA) is 34.9 Å². The predicted octanol–water partition coefficient (Wildman–Crippen LogP) is 2.59. The molecule has 0 N–H and O–H groups in total. The van der Waals surface area contributed by atoms with Crippen molar-refractivity contribution in [1.82, 2.24) is 9.55 Å². The van der Waals surface area contributed by atoms with Crippen molar-refractivity contribution in [3.63, 3.8) is 0 Å². The summed E-state index contributed by atoms with van der Waals surface area (Å²) < 4.78 is 2.07. The molecule has 0 aromatic carbocycles. The Balaban J connectivity index is 2.48. The van der Waals surface area contributed by atoms with E-state index in [0.717, 1.165) is 31.6 Å². The molecular weight excluding hydrogens is 188 g/mol. The van der Waals surface area contributed by atoms with E-state index in [1.165, 1.54) is 0 Å². The minimum atomic E-state index is 0.306. The van der Waals surface area contributed by atoms with E-state index in [1.807, 2.05) is 6.20 Å². The number of imidazole rings is 1. The molecule has 0 fully saturated rings. The first-order valence-electron chi connectivity index (χ1n) is 5.79. The number of hydrogen-bond donors (Lipinski definition) is 0. The highest BCUT2D eigenvalue weighted by Gasteiger charge is 2.07. The molecule has 0 atom stereocenters. The maximum atomic E-state index is 11.6. The summed E-state index contributed by atoms with van der Waals surface area (Å²) >= 11 is 0. The van der Waals surface area contributed by atoms with Gasteiger partial charge in [-0.15, -0.1) is 0 Å². The quantitative estimate of drug-likeness (QED) is 0.690. The largest absolute Gasteiger partial charge is 0.335 e. The monoisotopic (exact) mass is 208 g/mol. The molecule has 0 saturated carbocycles. The Hall–Kier alpha value is -1.12. The Morgan fingerprint density at radius 2 is 2.20 bits per heavy atom. The Labute approximate surface area is 91.5 Å². The highest BCUT2D eigenvalue weighted by atomic mass is 16.1. The minimum absolute atomic E-state index is 0.306. The van der Waals surface area contributed by atoms with Crippen molar-refractivity contribution >= 4 is 5.78 Å². The average molecular weight is 208 g/mol. The van der Waals surface area contributed by atoms with Gasteiger partial charge >= 0.3 is 0 Å². The average Bonchev–Trinajstić information content (AvgIpc) is 2.63. The van der Waals surface area contributed by atoms with Gasteiger partial charge in [0.05, 0.1) is 6.42 Å². The lowest BCUT2D eigenvalue weighted by atomic mass is 10.1.